The van der Waals surface area contributed by atoms with E-state index in [1.165, 1.54) is 4.31 Å². The zero-order valence-corrected chi connectivity index (χ0v) is 19.0. The standard InChI is InChI=1S/C25H26N2O5S/c28-25(26-23-8-4-5-9-24(23)32-21-6-2-1-3-7-21)15-12-20-10-13-22(14-11-20)33(29,30)27-16-18-31-19-17-27/h1-11,13-14H,12,15-19H2,(H,26,28). The molecule has 0 radical (unpaired) electrons. The van der Waals surface area contributed by atoms with Gasteiger partial charge in [0.1, 0.15) is 5.75 Å². The molecule has 1 N–H and O–H groups in total. The quantitative estimate of drug-likeness (QED) is 0.541. The molecule has 0 spiro atoms. The fourth-order valence-corrected chi connectivity index (χ4v) is 4.92. The summed E-state index contributed by atoms with van der Waals surface area (Å²) < 4.78 is 38.0. The molecule has 1 amide bonds. The monoisotopic (exact) mass is 466 g/mol. The van der Waals surface area contributed by atoms with E-state index in [9.17, 15) is 13.2 Å². The number of rotatable bonds is 8. The highest BCUT2D eigenvalue weighted by Crippen LogP contribution is 2.29. The average molecular weight is 467 g/mol. The lowest BCUT2D eigenvalue weighted by Gasteiger charge is -2.26. The topological polar surface area (TPSA) is 84.9 Å². The van der Waals surface area contributed by atoms with Crippen molar-refractivity contribution in [2.45, 2.75) is 17.7 Å². The molecule has 0 saturated carbocycles. The zero-order valence-electron chi connectivity index (χ0n) is 18.1. The largest absolute Gasteiger partial charge is 0.455 e. The van der Waals surface area contributed by atoms with Crippen LogP contribution in [0.4, 0.5) is 5.69 Å². The molecule has 7 nitrogen and oxygen atoms in total. The predicted molar refractivity (Wildman–Crippen MR) is 126 cm³/mol. The van der Waals surface area contributed by atoms with Crippen LogP contribution in [0.3, 0.4) is 0 Å². The van der Waals surface area contributed by atoms with E-state index in [-0.39, 0.29) is 17.2 Å². The second kappa shape index (κ2) is 10.6. The van der Waals surface area contributed by atoms with Crippen molar-refractivity contribution >= 4 is 21.6 Å². The minimum absolute atomic E-state index is 0.149. The number of hydrogen-bond donors (Lipinski definition) is 1. The number of para-hydroxylation sites is 3. The minimum atomic E-state index is -3.52. The summed E-state index contributed by atoms with van der Waals surface area (Å²) in [6.07, 6.45) is 0.751. The van der Waals surface area contributed by atoms with Crippen LogP contribution < -0.4 is 10.1 Å². The first kappa shape index (κ1) is 23.0. The van der Waals surface area contributed by atoms with E-state index in [1.807, 2.05) is 42.5 Å². The number of carbonyl (C=O) groups excluding carboxylic acids is 1. The Balaban J connectivity index is 1.34. The molecular formula is C25H26N2O5S. The van der Waals surface area contributed by atoms with Gasteiger partial charge in [-0.25, -0.2) is 8.42 Å². The predicted octanol–water partition coefficient (Wildman–Crippen LogP) is 4.07. The molecule has 1 aliphatic heterocycles. The lowest BCUT2D eigenvalue weighted by Crippen LogP contribution is -2.40. The van der Waals surface area contributed by atoms with E-state index in [1.54, 1.807) is 36.4 Å². The normalized spacial score (nSPS) is 14.5. The molecule has 1 heterocycles. The summed E-state index contributed by atoms with van der Waals surface area (Å²) in [4.78, 5) is 12.8. The van der Waals surface area contributed by atoms with Gasteiger partial charge in [0.05, 0.1) is 23.8 Å². The maximum Gasteiger partial charge on any atom is 0.243 e. The van der Waals surface area contributed by atoms with Crippen molar-refractivity contribution in [3.05, 3.63) is 84.4 Å². The first-order valence-electron chi connectivity index (χ1n) is 10.8. The van der Waals surface area contributed by atoms with Crippen LogP contribution >= 0.6 is 0 Å². The maximum absolute atomic E-state index is 12.7. The number of hydrogen-bond acceptors (Lipinski definition) is 5. The third kappa shape index (κ3) is 5.98. The number of morpholine rings is 1. The third-order valence-corrected chi connectivity index (χ3v) is 7.22. The van der Waals surface area contributed by atoms with E-state index >= 15 is 0 Å². The number of amides is 1. The Morgan fingerprint density at radius 3 is 2.30 bits per heavy atom. The molecular weight excluding hydrogens is 440 g/mol. The summed E-state index contributed by atoms with van der Waals surface area (Å²) in [5.74, 6) is 1.10. The van der Waals surface area contributed by atoms with Gasteiger partial charge in [0.2, 0.25) is 15.9 Å². The number of aryl methyl sites for hydroxylation is 1. The Kier molecular flexibility index (Phi) is 7.39. The summed E-state index contributed by atoms with van der Waals surface area (Å²) in [6, 6.07) is 23.4. The van der Waals surface area contributed by atoms with Crippen LogP contribution in [-0.4, -0.2) is 44.9 Å². The van der Waals surface area contributed by atoms with Gasteiger partial charge in [-0.3, -0.25) is 4.79 Å². The summed E-state index contributed by atoms with van der Waals surface area (Å²) in [5.41, 5.74) is 1.48. The van der Waals surface area contributed by atoms with Gasteiger partial charge in [-0.1, -0.05) is 42.5 Å². The van der Waals surface area contributed by atoms with Gasteiger partial charge in [0.25, 0.3) is 0 Å². The molecule has 1 saturated heterocycles. The van der Waals surface area contributed by atoms with Crippen molar-refractivity contribution in [1.29, 1.82) is 0 Å². The molecule has 33 heavy (non-hydrogen) atoms. The molecule has 1 fully saturated rings. The van der Waals surface area contributed by atoms with E-state index in [4.69, 9.17) is 9.47 Å². The number of anilines is 1. The van der Waals surface area contributed by atoms with E-state index < -0.39 is 10.0 Å². The van der Waals surface area contributed by atoms with Gasteiger partial charge in [0, 0.05) is 19.5 Å². The van der Waals surface area contributed by atoms with Gasteiger partial charge in [-0.2, -0.15) is 4.31 Å². The Labute approximate surface area is 194 Å². The molecule has 0 aliphatic carbocycles. The highest BCUT2D eigenvalue weighted by Gasteiger charge is 2.26. The lowest BCUT2D eigenvalue weighted by molar-refractivity contribution is -0.116. The van der Waals surface area contributed by atoms with Crippen molar-refractivity contribution in [3.8, 4) is 11.5 Å². The van der Waals surface area contributed by atoms with Gasteiger partial charge in [0.15, 0.2) is 5.75 Å². The van der Waals surface area contributed by atoms with Crippen LogP contribution in [0.25, 0.3) is 0 Å². The van der Waals surface area contributed by atoms with Crippen LogP contribution in [0, 0.1) is 0 Å². The summed E-state index contributed by atoms with van der Waals surface area (Å²) in [7, 11) is -3.52. The second-order valence-corrected chi connectivity index (χ2v) is 9.56. The molecule has 1 aliphatic rings. The van der Waals surface area contributed by atoms with Crippen molar-refractivity contribution < 1.29 is 22.7 Å². The Morgan fingerprint density at radius 1 is 0.909 bits per heavy atom. The molecule has 0 atom stereocenters. The van der Waals surface area contributed by atoms with Crippen LogP contribution in [0.1, 0.15) is 12.0 Å². The minimum Gasteiger partial charge on any atom is -0.455 e. The van der Waals surface area contributed by atoms with Crippen molar-refractivity contribution in [3.63, 3.8) is 0 Å². The van der Waals surface area contributed by atoms with E-state index in [0.29, 0.717) is 49.9 Å². The molecule has 0 bridgehead atoms. The number of nitrogens with one attached hydrogen (secondary N) is 1. The van der Waals surface area contributed by atoms with Crippen molar-refractivity contribution in [2.75, 3.05) is 31.6 Å². The second-order valence-electron chi connectivity index (χ2n) is 7.62. The number of sulfonamides is 1. The zero-order chi connectivity index (χ0) is 23.1. The van der Waals surface area contributed by atoms with E-state index in [0.717, 1.165) is 5.56 Å². The first-order chi connectivity index (χ1) is 16.0. The molecule has 0 unspecified atom stereocenters. The van der Waals surface area contributed by atoms with Gasteiger partial charge in [-0.15, -0.1) is 0 Å². The fraction of sp³-hybridized carbons (Fsp3) is 0.240. The molecule has 8 heteroatoms. The molecule has 0 aromatic heterocycles. The third-order valence-electron chi connectivity index (χ3n) is 5.30. The number of nitrogens with zero attached hydrogens (tertiary/aromatic N) is 1. The van der Waals surface area contributed by atoms with Gasteiger partial charge in [-0.05, 0) is 48.4 Å². The van der Waals surface area contributed by atoms with Gasteiger partial charge >= 0.3 is 0 Å². The Hall–Kier alpha value is -3.20. The summed E-state index contributed by atoms with van der Waals surface area (Å²) in [5, 5.41) is 2.90. The van der Waals surface area contributed by atoms with Gasteiger partial charge < -0.3 is 14.8 Å². The first-order valence-corrected chi connectivity index (χ1v) is 12.2. The Bertz CT molecular complexity index is 1170. The molecule has 3 aromatic rings. The highest BCUT2D eigenvalue weighted by molar-refractivity contribution is 7.89. The fourth-order valence-electron chi connectivity index (χ4n) is 3.51. The number of carbonyl (C=O) groups is 1. The summed E-state index contributed by atoms with van der Waals surface area (Å²) in [6.45, 7) is 1.54. The molecule has 4 rings (SSSR count). The smallest absolute Gasteiger partial charge is 0.243 e. The van der Waals surface area contributed by atoms with Crippen LogP contribution in [-0.2, 0) is 26.0 Å². The molecule has 172 valence electrons. The van der Waals surface area contributed by atoms with Crippen molar-refractivity contribution in [1.82, 2.24) is 4.31 Å². The number of ether oxygens (including phenoxy) is 2. The lowest BCUT2D eigenvalue weighted by atomic mass is 10.1. The SMILES string of the molecule is O=C(CCc1ccc(S(=O)(=O)N2CCOCC2)cc1)Nc1ccccc1Oc1ccccc1. The summed E-state index contributed by atoms with van der Waals surface area (Å²) >= 11 is 0. The highest BCUT2D eigenvalue weighted by atomic mass is 32.2. The molecule has 3 aromatic carbocycles. The van der Waals surface area contributed by atoms with E-state index in [2.05, 4.69) is 5.32 Å². The van der Waals surface area contributed by atoms with Crippen LogP contribution in [0.5, 0.6) is 11.5 Å². The van der Waals surface area contributed by atoms with Crippen molar-refractivity contribution in [2.24, 2.45) is 0 Å². The van der Waals surface area contributed by atoms with Crippen LogP contribution in [0.2, 0.25) is 0 Å². The average Bonchev–Trinajstić information content (AvgIpc) is 2.85. The number of benzene rings is 3. The Morgan fingerprint density at radius 2 is 1.58 bits per heavy atom. The van der Waals surface area contributed by atoms with Crippen LogP contribution in [0.15, 0.2) is 83.8 Å². The maximum atomic E-state index is 12.7.